The van der Waals surface area contributed by atoms with E-state index < -0.39 is 12.1 Å². The first-order valence-electron chi connectivity index (χ1n) is 9.51. The molecule has 0 atom stereocenters. The molecule has 9 heteroatoms. The minimum atomic E-state index is -1.13. The van der Waals surface area contributed by atoms with Gasteiger partial charge in [0.15, 0.2) is 5.75 Å². The Bertz CT molecular complexity index is 996. The Labute approximate surface area is 189 Å². The quantitative estimate of drug-likeness (QED) is 0.559. The first-order valence-corrected chi connectivity index (χ1v) is 10.3. The van der Waals surface area contributed by atoms with Gasteiger partial charge < -0.3 is 24.6 Å². The van der Waals surface area contributed by atoms with Crippen molar-refractivity contribution in [2.45, 2.75) is 13.3 Å². The molecule has 1 aliphatic heterocycles. The van der Waals surface area contributed by atoms with Gasteiger partial charge in [0, 0.05) is 6.54 Å². The largest absolute Gasteiger partial charge is 0.490 e. The molecule has 0 aliphatic carbocycles. The summed E-state index contributed by atoms with van der Waals surface area (Å²) in [4.78, 5) is 23.8. The highest BCUT2D eigenvalue weighted by Gasteiger charge is 2.27. The number of hydrogen-bond acceptors (Lipinski definition) is 4. The maximum absolute atomic E-state index is 11.6. The Morgan fingerprint density at radius 2 is 1.65 bits per heavy atom. The van der Waals surface area contributed by atoms with E-state index in [2.05, 4.69) is 0 Å². The molecule has 0 bridgehead atoms. The molecule has 0 saturated carbocycles. The molecule has 0 saturated heterocycles. The van der Waals surface area contributed by atoms with Gasteiger partial charge in [-0.2, -0.15) is 0 Å². The zero-order valence-electron chi connectivity index (χ0n) is 16.7. The molecule has 31 heavy (non-hydrogen) atoms. The Balaban J connectivity index is 1.61. The predicted octanol–water partition coefficient (Wildman–Crippen LogP) is 4.98. The van der Waals surface area contributed by atoms with E-state index in [4.69, 9.17) is 37.8 Å². The summed E-state index contributed by atoms with van der Waals surface area (Å²) in [7, 11) is 0. The van der Waals surface area contributed by atoms with E-state index in [1.807, 2.05) is 6.92 Å². The van der Waals surface area contributed by atoms with Gasteiger partial charge >= 0.3 is 12.1 Å². The second kappa shape index (κ2) is 9.94. The number of nitrogens with zero attached hydrogens (tertiary/aromatic N) is 1. The molecule has 0 unspecified atom stereocenters. The fraction of sp³-hybridized carbons (Fsp3) is 0.273. The summed E-state index contributed by atoms with van der Waals surface area (Å²) in [5.74, 6) is -0.116. The van der Waals surface area contributed by atoms with Crippen molar-refractivity contribution in [1.82, 2.24) is 4.90 Å². The minimum absolute atomic E-state index is 0.0857. The summed E-state index contributed by atoms with van der Waals surface area (Å²) in [5, 5.41) is 19.5. The molecule has 164 valence electrons. The van der Waals surface area contributed by atoms with Gasteiger partial charge in [0.1, 0.15) is 19.0 Å². The zero-order valence-corrected chi connectivity index (χ0v) is 18.2. The van der Waals surface area contributed by atoms with Gasteiger partial charge in [-0.25, -0.2) is 9.59 Å². The number of benzene rings is 2. The van der Waals surface area contributed by atoms with Crippen LogP contribution in [0.5, 0.6) is 11.5 Å². The molecule has 0 aromatic heterocycles. The highest BCUT2D eigenvalue weighted by Crippen LogP contribution is 2.34. The SMILES string of the molecule is Cc1cc(Cl)c(OCCOc2ccc(C3=C(C(=O)O)CN(C(=O)O)CC3)cc2)c(Cl)c1. The second-order valence-electron chi connectivity index (χ2n) is 7.00. The number of rotatable bonds is 7. The van der Waals surface area contributed by atoms with Crippen LogP contribution >= 0.6 is 23.2 Å². The van der Waals surface area contributed by atoms with Crippen LogP contribution in [0.15, 0.2) is 42.0 Å². The van der Waals surface area contributed by atoms with Crippen molar-refractivity contribution in [3.05, 3.63) is 63.1 Å². The van der Waals surface area contributed by atoms with Gasteiger partial charge in [0.25, 0.3) is 0 Å². The average Bonchev–Trinajstić information content (AvgIpc) is 2.72. The summed E-state index contributed by atoms with van der Waals surface area (Å²) in [6.45, 7) is 2.50. The monoisotopic (exact) mass is 465 g/mol. The van der Waals surface area contributed by atoms with E-state index in [9.17, 15) is 14.7 Å². The first kappa shape index (κ1) is 22.8. The fourth-order valence-corrected chi connectivity index (χ4v) is 4.03. The summed E-state index contributed by atoms with van der Waals surface area (Å²) in [6, 6.07) is 10.5. The number of aliphatic carboxylic acids is 1. The highest BCUT2D eigenvalue weighted by atomic mass is 35.5. The molecule has 1 aliphatic rings. The smallest absolute Gasteiger partial charge is 0.407 e. The third kappa shape index (κ3) is 5.62. The van der Waals surface area contributed by atoms with Crippen molar-refractivity contribution in [1.29, 1.82) is 0 Å². The standard InChI is InChI=1S/C22H21Cl2NO6/c1-13-10-18(23)20(19(24)11-13)31-9-8-30-15-4-2-14(3-5-15)16-6-7-25(22(28)29)12-17(16)21(26)27/h2-5,10-11H,6-9,12H2,1H3,(H,26,27)(H,28,29). The van der Waals surface area contributed by atoms with Crippen molar-refractivity contribution in [2.75, 3.05) is 26.3 Å². The van der Waals surface area contributed by atoms with E-state index >= 15 is 0 Å². The molecule has 0 fully saturated rings. The van der Waals surface area contributed by atoms with Crippen molar-refractivity contribution >= 4 is 40.8 Å². The summed E-state index contributed by atoms with van der Waals surface area (Å²) >= 11 is 12.3. The van der Waals surface area contributed by atoms with Crippen molar-refractivity contribution in [2.24, 2.45) is 0 Å². The first-order chi connectivity index (χ1) is 14.8. The van der Waals surface area contributed by atoms with Gasteiger partial charge in [0.2, 0.25) is 0 Å². The number of ether oxygens (including phenoxy) is 2. The van der Waals surface area contributed by atoms with Crippen LogP contribution in [0.4, 0.5) is 4.79 Å². The van der Waals surface area contributed by atoms with Crippen LogP contribution in [0, 0.1) is 6.92 Å². The van der Waals surface area contributed by atoms with Crippen LogP contribution in [0.2, 0.25) is 10.0 Å². The van der Waals surface area contributed by atoms with E-state index in [0.29, 0.717) is 33.5 Å². The number of halogens is 2. The average molecular weight is 466 g/mol. The molecule has 0 radical (unpaired) electrons. The van der Waals surface area contributed by atoms with Gasteiger partial charge in [-0.15, -0.1) is 0 Å². The lowest BCUT2D eigenvalue weighted by Crippen LogP contribution is -2.37. The molecular formula is C22H21Cl2NO6. The highest BCUT2D eigenvalue weighted by molar-refractivity contribution is 6.37. The second-order valence-corrected chi connectivity index (χ2v) is 7.81. The molecule has 2 aromatic rings. The molecule has 2 N–H and O–H groups in total. The third-order valence-electron chi connectivity index (χ3n) is 4.82. The van der Waals surface area contributed by atoms with Crippen LogP contribution in [0.3, 0.4) is 0 Å². The van der Waals surface area contributed by atoms with Crippen LogP contribution < -0.4 is 9.47 Å². The van der Waals surface area contributed by atoms with Crippen LogP contribution in [0.25, 0.3) is 5.57 Å². The molecule has 3 rings (SSSR count). The van der Waals surface area contributed by atoms with E-state index in [-0.39, 0.29) is 31.9 Å². The molecule has 1 amide bonds. The van der Waals surface area contributed by atoms with Gasteiger partial charge in [-0.1, -0.05) is 35.3 Å². The lowest BCUT2D eigenvalue weighted by Gasteiger charge is -2.27. The molecule has 2 aromatic carbocycles. The van der Waals surface area contributed by atoms with Gasteiger partial charge in [-0.05, 0) is 54.3 Å². The number of carboxylic acids is 1. The minimum Gasteiger partial charge on any atom is -0.490 e. The lowest BCUT2D eigenvalue weighted by atomic mass is 9.93. The maximum atomic E-state index is 11.6. The summed E-state index contributed by atoms with van der Waals surface area (Å²) in [5.41, 5.74) is 2.38. The van der Waals surface area contributed by atoms with E-state index in [1.54, 1.807) is 36.4 Å². The summed E-state index contributed by atoms with van der Waals surface area (Å²) < 4.78 is 11.3. The number of hydrogen-bond donors (Lipinski definition) is 2. The van der Waals surface area contributed by atoms with Gasteiger partial charge in [0.05, 0.1) is 22.2 Å². The lowest BCUT2D eigenvalue weighted by molar-refractivity contribution is -0.132. The van der Waals surface area contributed by atoms with Crippen molar-refractivity contribution in [3.8, 4) is 11.5 Å². The van der Waals surface area contributed by atoms with E-state index in [1.165, 1.54) is 0 Å². The maximum Gasteiger partial charge on any atom is 0.407 e. The van der Waals surface area contributed by atoms with Crippen molar-refractivity contribution in [3.63, 3.8) is 0 Å². The van der Waals surface area contributed by atoms with Crippen LogP contribution in [-0.4, -0.2) is 53.5 Å². The third-order valence-corrected chi connectivity index (χ3v) is 5.38. The molecule has 7 nitrogen and oxygen atoms in total. The van der Waals surface area contributed by atoms with Crippen LogP contribution in [-0.2, 0) is 4.79 Å². The molecule has 1 heterocycles. The number of carboxylic acid groups (broad SMARTS) is 2. The molecular weight excluding hydrogens is 445 g/mol. The van der Waals surface area contributed by atoms with E-state index in [0.717, 1.165) is 16.0 Å². The Morgan fingerprint density at radius 3 is 2.23 bits per heavy atom. The normalized spacial score (nSPS) is 13.8. The Kier molecular flexibility index (Phi) is 7.30. The Hall–Kier alpha value is -2.90. The Morgan fingerprint density at radius 1 is 1.03 bits per heavy atom. The fourth-order valence-electron chi connectivity index (χ4n) is 3.32. The van der Waals surface area contributed by atoms with Crippen LogP contribution in [0.1, 0.15) is 17.5 Å². The molecule has 0 spiro atoms. The number of amides is 1. The summed E-state index contributed by atoms with van der Waals surface area (Å²) in [6.07, 6.45) is -0.794. The van der Waals surface area contributed by atoms with Crippen molar-refractivity contribution < 1.29 is 29.3 Å². The predicted molar refractivity (Wildman–Crippen MR) is 117 cm³/mol. The zero-order chi connectivity index (χ0) is 22.5. The number of aryl methyl sites for hydroxylation is 1. The van der Waals surface area contributed by atoms with Gasteiger partial charge in [-0.3, -0.25) is 0 Å². The number of carbonyl (C=O) groups is 2. The topological polar surface area (TPSA) is 96.3 Å².